The normalized spacial score (nSPS) is 22.4. The van der Waals surface area contributed by atoms with Gasteiger partial charge in [-0.05, 0) is 38.0 Å². The van der Waals surface area contributed by atoms with E-state index in [1.807, 2.05) is 13.0 Å². The van der Waals surface area contributed by atoms with Crippen molar-refractivity contribution in [2.45, 2.75) is 51.2 Å². The average Bonchev–Trinajstić information content (AvgIpc) is 2.66. The van der Waals surface area contributed by atoms with Gasteiger partial charge in [-0.3, -0.25) is 4.79 Å². The second-order valence-corrected chi connectivity index (χ2v) is 5.94. The average molecular weight is 311 g/mol. The van der Waals surface area contributed by atoms with Crippen LogP contribution in [0.25, 0.3) is 0 Å². The molecule has 0 spiro atoms. The highest BCUT2D eigenvalue weighted by Gasteiger charge is 2.24. The van der Waals surface area contributed by atoms with Gasteiger partial charge in [-0.25, -0.2) is 0 Å². The SMILES string of the molecule is CCNc1ccc(Cl)cc1C(=O)NC1CCCCCC1O. The van der Waals surface area contributed by atoms with Crippen LogP contribution in [0, 0.1) is 0 Å². The molecule has 3 N–H and O–H groups in total. The number of amides is 1. The highest BCUT2D eigenvalue weighted by atomic mass is 35.5. The van der Waals surface area contributed by atoms with E-state index in [2.05, 4.69) is 10.6 Å². The Bertz CT molecular complexity index is 493. The van der Waals surface area contributed by atoms with Gasteiger partial charge in [-0.1, -0.05) is 30.9 Å². The summed E-state index contributed by atoms with van der Waals surface area (Å²) in [6.07, 6.45) is 4.29. The van der Waals surface area contributed by atoms with Gasteiger partial charge >= 0.3 is 0 Å². The van der Waals surface area contributed by atoms with Gasteiger partial charge in [-0.15, -0.1) is 0 Å². The topological polar surface area (TPSA) is 61.4 Å². The molecule has 1 fully saturated rings. The molecule has 1 amide bonds. The van der Waals surface area contributed by atoms with Crippen molar-refractivity contribution in [2.75, 3.05) is 11.9 Å². The van der Waals surface area contributed by atoms with E-state index in [0.29, 0.717) is 10.6 Å². The van der Waals surface area contributed by atoms with Crippen molar-refractivity contribution in [2.24, 2.45) is 0 Å². The van der Waals surface area contributed by atoms with Crippen LogP contribution in [0.4, 0.5) is 5.69 Å². The second-order valence-electron chi connectivity index (χ2n) is 5.51. The Balaban J connectivity index is 2.13. The van der Waals surface area contributed by atoms with E-state index in [4.69, 9.17) is 11.6 Å². The number of anilines is 1. The highest BCUT2D eigenvalue weighted by Crippen LogP contribution is 2.22. The summed E-state index contributed by atoms with van der Waals surface area (Å²) < 4.78 is 0. The minimum Gasteiger partial charge on any atom is -0.391 e. The van der Waals surface area contributed by atoms with Crippen LogP contribution in [-0.4, -0.2) is 29.7 Å². The molecule has 1 aliphatic carbocycles. The molecule has 1 aromatic rings. The first-order chi connectivity index (χ1) is 10.1. The fraction of sp³-hybridized carbons (Fsp3) is 0.562. The zero-order valence-corrected chi connectivity index (χ0v) is 13.1. The lowest BCUT2D eigenvalue weighted by Gasteiger charge is -2.22. The molecular formula is C16H23ClN2O2. The Kier molecular flexibility index (Phi) is 5.88. The smallest absolute Gasteiger partial charge is 0.253 e. The molecule has 4 nitrogen and oxygen atoms in total. The van der Waals surface area contributed by atoms with Crippen molar-refractivity contribution in [3.8, 4) is 0 Å². The lowest BCUT2D eigenvalue weighted by Crippen LogP contribution is -2.42. The summed E-state index contributed by atoms with van der Waals surface area (Å²) >= 11 is 6.00. The summed E-state index contributed by atoms with van der Waals surface area (Å²) in [6, 6.07) is 5.06. The number of hydrogen-bond donors (Lipinski definition) is 3. The predicted octanol–water partition coefficient (Wildman–Crippen LogP) is 3.20. The summed E-state index contributed by atoms with van der Waals surface area (Å²) in [4.78, 5) is 12.5. The Labute approximate surface area is 130 Å². The maximum Gasteiger partial charge on any atom is 0.253 e. The van der Waals surface area contributed by atoms with Crippen LogP contribution < -0.4 is 10.6 Å². The van der Waals surface area contributed by atoms with Gasteiger partial charge in [0.2, 0.25) is 0 Å². The van der Waals surface area contributed by atoms with Gasteiger partial charge in [0.15, 0.2) is 0 Å². The second kappa shape index (κ2) is 7.66. The lowest BCUT2D eigenvalue weighted by atomic mass is 10.0. The number of carbonyl (C=O) groups is 1. The third kappa shape index (κ3) is 4.35. The molecule has 2 atom stereocenters. The van der Waals surface area contributed by atoms with Crippen molar-refractivity contribution < 1.29 is 9.90 Å². The fourth-order valence-electron chi connectivity index (χ4n) is 2.75. The molecule has 1 saturated carbocycles. The van der Waals surface area contributed by atoms with Crippen LogP contribution in [0.2, 0.25) is 5.02 Å². The number of aliphatic hydroxyl groups is 1. The number of halogens is 1. The molecular weight excluding hydrogens is 288 g/mol. The van der Waals surface area contributed by atoms with E-state index in [1.165, 1.54) is 0 Å². The first kappa shape index (κ1) is 16.1. The monoisotopic (exact) mass is 310 g/mol. The minimum absolute atomic E-state index is 0.173. The molecule has 0 aromatic heterocycles. The van der Waals surface area contributed by atoms with Crippen molar-refractivity contribution in [3.63, 3.8) is 0 Å². The molecule has 2 rings (SSSR count). The van der Waals surface area contributed by atoms with Crippen molar-refractivity contribution >= 4 is 23.2 Å². The van der Waals surface area contributed by atoms with Crippen LogP contribution in [0.1, 0.15) is 49.4 Å². The molecule has 0 bridgehead atoms. The number of carbonyl (C=O) groups excluding carboxylic acids is 1. The van der Waals surface area contributed by atoms with Crippen molar-refractivity contribution in [3.05, 3.63) is 28.8 Å². The number of rotatable bonds is 4. The summed E-state index contributed by atoms with van der Waals surface area (Å²) in [6.45, 7) is 2.71. The van der Waals surface area contributed by atoms with Gasteiger partial charge in [0.25, 0.3) is 5.91 Å². The van der Waals surface area contributed by atoms with Gasteiger partial charge < -0.3 is 15.7 Å². The Hall–Kier alpha value is -1.26. The molecule has 0 radical (unpaired) electrons. The maximum atomic E-state index is 12.5. The molecule has 2 unspecified atom stereocenters. The van der Waals surface area contributed by atoms with Gasteiger partial charge in [0.05, 0.1) is 17.7 Å². The lowest BCUT2D eigenvalue weighted by molar-refractivity contribution is 0.0819. The zero-order valence-electron chi connectivity index (χ0n) is 12.4. The summed E-state index contributed by atoms with van der Waals surface area (Å²) in [5.41, 5.74) is 1.29. The fourth-order valence-corrected chi connectivity index (χ4v) is 2.92. The van der Waals surface area contributed by atoms with Crippen LogP contribution in [0.15, 0.2) is 18.2 Å². The summed E-state index contributed by atoms with van der Waals surface area (Å²) in [7, 11) is 0. The zero-order chi connectivity index (χ0) is 15.2. The molecule has 1 aliphatic rings. The quantitative estimate of drug-likeness (QED) is 0.748. The Morgan fingerprint density at radius 3 is 2.86 bits per heavy atom. The van der Waals surface area contributed by atoms with Crippen LogP contribution in [0.5, 0.6) is 0 Å². The number of nitrogens with one attached hydrogen (secondary N) is 2. The van der Waals surface area contributed by atoms with Crippen molar-refractivity contribution in [1.29, 1.82) is 0 Å². The van der Waals surface area contributed by atoms with Gasteiger partial charge in [0.1, 0.15) is 0 Å². The van der Waals surface area contributed by atoms with Gasteiger partial charge in [0, 0.05) is 17.3 Å². The maximum absolute atomic E-state index is 12.5. The molecule has 0 aliphatic heterocycles. The molecule has 0 saturated heterocycles. The first-order valence-corrected chi connectivity index (χ1v) is 8.02. The molecule has 0 heterocycles. The third-order valence-corrected chi connectivity index (χ3v) is 4.12. The molecule has 116 valence electrons. The number of hydrogen-bond acceptors (Lipinski definition) is 3. The number of benzene rings is 1. The van der Waals surface area contributed by atoms with Crippen molar-refractivity contribution in [1.82, 2.24) is 5.32 Å². The first-order valence-electron chi connectivity index (χ1n) is 7.64. The molecule has 21 heavy (non-hydrogen) atoms. The van der Waals surface area contributed by atoms with Crippen LogP contribution in [0.3, 0.4) is 0 Å². The van der Waals surface area contributed by atoms with E-state index >= 15 is 0 Å². The number of aliphatic hydroxyl groups excluding tert-OH is 1. The molecule has 1 aromatic carbocycles. The van der Waals surface area contributed by atoms with E-state index < -0.39 is 6.10 Å². The Morgan fingerprint density at radius 1 is 1.33 bits per heavy atom. The molecule has 5 heteroatoms. The Morgan fingerprint density at radius 2 is 2.10 bits per heavy atom. The highest BCUT2D eigenvalue weighted by molar-refractivity contribution is 6.31. The van der Waals surface area contributed by atoms with Gasteiger partial charge in [-0.2, -0.15) is 0 Å². The predicted molar refractivity (Wildman–Crippen MR) is 86.0 cm³/mol. The van der Waals surface area contributed by atoms with Crippen LogP contribution in [-0.2, 0) is 0 Å². The van der Waals surface area contributed by atoms with E-state index in [0.717, 1.165) is 44.3 Å². The van der Waals surface area contributed by atoms with E-state index in [9.17, 15) is 9.90 Å². The van der Waals surface area contributed by atoms with E-state index in [1.54, 1.807) is 12.1 Å². The summed E-state index contributed by atoms with van der Waals surface area (Å²) in [5, 5.41) is 16.8. The van der Waals surface area contributed by atoms with E-state index in [-0.39, 0.29) is 11.9 Å². The largest absolute Gasteiger partial charge is 0.391 e. The standard InChI is InChI=1S/C16H23ClN2O2/c1-2-18-13-9-8-11(17)10-12(13)16(21)19-14-6-4-3-5-7-15(14)20/h8-10,14-15,18,20H,2-7H2,1H3,(H,19,21). The third-order valence-electron chi connectivity index (χ3n) is 3.89. The van der Waals surface area contributed by atoms with Crippen LogP contribution >= 0.6 is 11.6 Å². The summed E-state index contributed by atoms with van der Waals surface area (Å²) in [5.74, 6) is -0.181. The minimum atomic E-state index is -0.460.